The Hall–Kier alpha value is -1.31. The second-order valence-corrected chi connectivity index (χ2v) is 6.84. The number of nitrogens with one attached hydrogen (secondary N) is 1. The van der Waals surface area contributed by atoms with E-state index in [9.17, 15) is 13.2 Å². The van der Waals surface area contributed by atoms with Crippen LogP contribution in [0.3, 0.4) is 0 Å². The van der Waals surface area contributed by atoms with Gasteiger partial charge in [-0.3, -0.25) is 4.79 Å². The summed E-state index contributed by atoms with van der Waals surface area (Å²) in [5, 5.41) is 2.91. The van der Waals surface area contributed by atoms with E-state index < -0.39 is 10.0 Å². The summed E-state index contributed by atoms with van der Waals surface area (Å²) < 4.78 is 26.2. The summed E-state index contributed by atoms with van der Waals surface area (Å²) in [4.78, 5) is 11.7. The van der Waals surface area contributed by atoms with Crippen molar-refractivity contribution >= 4 is 33.2 Å². The fraction of sp³-hybridized carbons (Fsp3) is 0.462. The summed E-state index contributed by atoms with van der Waals surface area (Å²) in [6.07, 6.45) is 0. The third-order valence-corrected chi connectivity index (χ3v) is 5.36. The van der Waals surface area contributed by atoms with Crippen LogP contribution in [-0.4, -0.2) is 38.3 Å². The Balaban J connectivity index is 3.16. The maximum Gasteiger partial charge on any atom is 0.243 e. The molecule has 6 nitrogen and oxygen atoms in total. The van der Waals surface area contributed by atoms with Gasteiger partial charge in [0.25, 0.3) is 0 Å². The molecule has 1 amide bonds. The first-order valence-corrected chi connectivity index (χ1v) is 8.38. The minimum atomic E-state index is -3.79. The quantitative estimate of drug-likeness (QED) is 0.769. The largest absolute Gasteiger partial charge is 0.397 e. The third-order valence-electron chi connectivity index (χ3n) is 2.94. The average Bonchev–Trinajstić information content (AvgIpc) is 2.41. The van der Waals surface area contributed by atoms with E-state index in [-0.39, 0.29) is 29.6 Å². The fourth-order valence-electron chi connectivity index (χ4n) is 1.84. The van der Waals surface area contributed by atoms with Crippen molar-refractivity contribution < 1.29 is 13.2 Å². The Morgan fingerprint density at radius 2 is 2.00 bits per heavy atom. The summed E-state index contributed by atoms with van der Waals surface area (Å²) in [5.41, 5.74) is 6.49. The molecule has 0 spiro atoms. The highest BCUT2D eigenvalue weighted by atomic mass is 35.5. The van der Waals surface area contributed by atoms with Crippen LogP contribution in [0.2, 0.25) is 5.02 Å². The molecule has 0 unspecified atom stereocenters. The van der Waals surface area contributed by atoms with Crippen LogP contribution >= 0.6 is 11.6 Å². The first-order valence-electron chi connectivity index (χ1n) is 6.56. The molecule has 1 rings (SSSR count). The summed E-state index contributed by atoms with van der Waals surface area (Å²) in [6.45, 7) is 5.52. The number of benzene rings is 1. The van der Waals surface area contributed by atoms with Gasteiger partial charge in [0.15, 0.2) is 0 Å². The molecule has 0 fully saturated rings. The van der Waals surface area contributed by atoms with Crippen molar-refractivity contribution in [3.63, 3.8) is 0 Å². The Bertz CT molecular complexity index is 609. The van der Waals surface area contributed by atoms with E-state index in [1.54, 1.807) is 20.8 Å². The number of carbonyl (C=O) groups excluding carboxylic acids is 1. The topological polar surface area (TPSA) is 92.5 Å². The number of sulfonamides is 1. The lowest BCUT2D eigenvalue weighted by Crippen LogP contribution is -2.40. The van der Waals surface area contributed by atoms with Gasteiger partial charge in [-0.2, -0.15) is 4.31 Å². The predicted molar refractivity (Wildman–Crippen MR) is 83.7 cm³/mol. The molecule has 21 heavy (non-hydrogen) atoms. The molecule has 0 atom stereocenters. The molecule has 1 aromatic carbocycles. The molecule has 0 aliphatic heterocycles. The van der Waals surface area contributed by atoms with E-state index in [0.717, 1.165) is 4.31 Å². The van der Waals surface area contributed by atoms with Crippen molar-refractivity contribution in [2.45, 2.75) is 25.7 Å². The smallest absolute Gasteiger partial charge is 0.243 e. The maximum atomic E-state index is 12.6. The van der Waals surface area contributed by atoms with Gasteiger partial charge in [0, 0.05) is 13.1 Å². The molecule has 0 saturated heterocycles. The van der Waals surface area contributed by atoms with Gasteiger partial charge in [-0.25, -0.2) is 8.42 Å². The van der Waals surface area contributed by atoms with Crippen LogP contribution in [0, 0.1) is 6.92 Å². The zero-order valence-corrected chi connectivity index (χ0v) is 13.9. The van der Waals surface area contributed by atoms with Crippen LogP contribution in [0.5, 0.6) is 0 Å². The summed E-state index contributed by atoms with van der Waals surface area (Å²) in [6, 6.07) is 2.76. The highest BCUT2D eigenvalue weighted by Crippen LogP contribution is 2.28. The number of amides is 1. The molecular weight excluding hydrogens is 314 g/mol. The van der Waals surface area contributed by atoms with E-state index >= 15 is 0 Å². The van der Waals surface area contributed by atoms with Crippen LogP contribution in [-0.2, 0) is 14.8 Å². The normalized spacial score (nSPS) is 11.7. The average molecular weight is 334 g/mol. The van der Waals surface area contributed by atoms with Crippen molar-refractivity contribution in [1.29, 1.82) is 0 Å². The summed E-state index contributed by atoms with van der Waals surface area (Å²) in [7, 11) is -3.79. The van der Waals surface area contributed by atoms with Crippen molar-refractivity contribution in [2.24, 2.45) is 0 Å². The van der Waals surface area contributed by atoms with Gasteiger partial charge in [-0.05, 0) is 31.5 Å². The van der Waals surface area contributed by atoms with Gasteiger partial charge in [-0.15, -0.1) is 0 Å². The minimum Gasteiger partial charge on any atom is -0.397 e. The Morgan fingerprint density at radius 1 is 1.38 bits per heavy atom. The van der Waals surface area contributed by atoms with E-state index in [2.05, 4.69) is 5.32 Å². The van der Waals surface area contributed by atoms with Crippen LogP contribution < -0.4 is 11.1 Å². The van der Waals surface area contributed by atoms with Gasteiger partial charge >= 0.3 is 0 Å². The Morgan fingerprint density at radius 3 is 2.48 bits per heavy atom. The van der Waals surface area contributed by atoms with Gasteiger partial charge < -0.3 is 11.1 Å². The van der Waals surface area contributed by atoms with Crippen molar-refractivity contribution in [3.05, 3.63) is 22.7 Å². The molecule has 0 heterocycles. The molecule has 118 valence electrons. The molecule has 0 bridgehead atoms. The minimum absolute atomic E-state index is 0.0352. The molecule has 0 aliphatic rings. The van der Waals surface area contributed by atoms with Crippen molar-refractivity contribution in [2.75, 3.05) is 25.4 Å². The van der Waals surface area contributed by atoms with Gasteiger partial charge in [-0.1, -0.05) is 18.5 Å². The molecule has 0 aromatic heterocycles. The molecule has 0 saturated carbocycles. The standard InChI is InChI=1S/C13H20ClN3O3S/c1-4-16-12(18)8-17(5-2)21(19,20)10-6-9(3)13(14)11(15)7-10/h6-7H,4-5,8,15H2,1-3H3,(H,16,18). The zero-order chi connectivity index (χ0) is 16.2. The monoisotopic (exact) mass is 333 g/mol. The van der Waals surface area contributed by atoms with Gasteiger partial charge in [0.05, 0.1) is 22.2 Å². The molecule has 3 N–H and O–H groups in total. The number of aryl methyl sites for hydroxylation is 1. The fourth-order valence-corrected chi connectivity index (χ4v) is 3.48. The summed E-state index contributed by atoms with van der Waals surface area (Å²) >= 11 is 5.94. The first kappa shape index (κ1) is 17.7. The number of nitrogens with zero attached hydrogens (tertiary/aromatic N) is 1. The molecule has 1 aromatic rings. The highest BCUT2D eigenvalue weighted by Gasteiger charge is 2.26. The lowest BCUT2D eigenvalue weighted by atomic mass is 10.2. The molecule has 0 radical (unpaired) electrons. The van der Waals surface area contributed by atoms with Crippen molar-refractivity contribution in [1.82, 2.24) is 9.62 Å². The number of nitrogen functional groups attached to an aromatic ring is 1. The van der Waals surface area contributed by atoms with E-state index in [0.29, 0.717) is 17.1 Å². The van der Waals surface area contributed by atoms with Gasteiger partial charge in [0.2, 0.25) is 15.9 Å². The summed E-state index contributed by atoms with van der Waals surface area (Å²) in [5.74, 6) is -0.346. The van der Waals surface area contributed by atoms with Crippen LogP contribution in [0.15, 0.2) is 17.0 Å². The molecular formula is C13H20ClN3O3S. The van der Waals surface area contributed by atoms with Crippen LogP contribution in [0.4, 0.5) is 5.69 Å². The second-order valence-electron chi connectivity index (χ2n) is 4.53. The highest BCUT2D eigenvalue weighted by molar-refractivity contribution is 7.89. The number of halogens is 1. The number of hydrogen-bond acceptors (Lipinski definition) is 4. The van der Waals surface area contributed by atoms with Crippen LogP contribution in [0.1, 0.15) is 19.4 Å². The lowest BCUT2D eigenvalue weighted by molar-refractivity contribution is -0.121. The predicted octanol–water partition coefficient (Wildman–Crippen LogP) is 1.38. The Kier molecular flexibility index (Phi) is 6.00. The Labute approximate surface area is 130 Å². The first-order chi connectivity index (χ1) is 9.73. The third kappa shape index (κ3) is 4.09. The number of hydrogen-bond donors (Lipinski definition) is 2. The van der Waals surface area contributed by atoms with E-state index in [1.807, 2.05) is 0 Å². The number of rotatable bonds is 6. The zero-order valence-electron chi connectivity index (χ0n) is 12.3. The maximum absolute atomic E-state index is 12.6. The molecule has 0 aliphatic carbocycles. The molecule has 8 heteroatoms. The second kappa shape index (κ2) is 7.11. The van der Waals surface area contributed by atoms with E-state index in [1.165, 1.54) is 12.1 Å². The number of nitrogens with two attached hydrogens (primary N) is 1. The lowest BCUT2D eigenvalue weighted by Gasteiger charge is -2.20. The number of anilines is 1. The van der Waals surface area contributed by atoms with Gasteiger partial charge in [0.1, 0.15) is 0 Å². The number of likely N-dealkylation sites (N-methyl/N-ethyl adjacent to an activating group) is 2. The van der Waals surface area contributed by atoms with Crippen LogP contribution in [0.25, 0.3) is 0 Å². The van der Waals surface area contributed by atoms with E-state index in [4.69, 9.17) is 17.3 Å². The number of carbonyl (C=O) groups is 1. The van der Waals surface area contributed by atoms with Crippen molar-refractivity contribution in [3.8, 4) is 0 Å². The SMILES string of the molecule is CCNC(=O)CN(CC)S(=O)(=O)c1cc(C)c(Cl)c(N)c1.